The molecule has 1 atom stereocenters. The number of aromatic nitrogens is 1. The van der Waals surface area contributed by atoms with Gasteiger partial charge in [0.25, 0.3) is 0 Å². The summed E-state index contributed by atoms with van der Waals surface area (Å²) in [5.74, 6) is 0. The highest BCUT2D eigenvalue weighted by Gasteiger charge is 2.40. The van der Waals surface area contributed by atoms with Gasteiger partial charge in [-0.25, -0.2) is 0 Å². The number of hydrogen-bond donors (Lipinski definition) is 0. The smallest absolute Gasteiger partial charge is 0.173 e. The van der Waals surface area contributed by atoms with Crippen molar-refractivity contribution in [1.82, 2.24) is 0 Å². The fourth-order valence-corrected chi connectivity index (χ4v) is 2.41. The topological polar surface area (TPSA) is 6.89 Å². The number of pyridine rings is 1. The monoisotopic (exact) mass is 251 g/mol. The number of nitrogens with zero attached hydrogens (tertiary/aromatic N) is 2. The molecule has 1 saturated heterocycles. The van der Waals surface area contributed by atoms with Crippen LogP contribution in [0.15, 0.2) is 61.4 Å². The second-order valence-electron chi connectivity index (χ2n) is 5.02. The molecule has 0 radical (unpaired) electrons. The highest BCUT2D eigenvalue weighted by molar-refractivity contribution is 5.47. The van der Waals surface area contributed by atoms with Crippen LogP contribution in [0.4, 0.5) is 0 Å². The van der Waals surface area contributed by atoms with Gasteiger partial charge in [-0.2, -0.15) is 5.01 Å². The first kappa shape index (κ1) is 12.0. The minimum absolute atomic E-state index is 0.687. The van der Waals surface area contributed by atoms with E-state index in [1.54, 1.807) is 0 Å². The van der Waals surface area contributed by atoms with Crippen LogP contribution in [0.2, 0.25) is 0 Å². The molecular formula is C17H19N2+. The highest BCUT2D eigenvalue weighted by Crippen LogP contribution is 2.17. The number of hydrogen-bond acceptors (Lipinski definition) is 1. The summed E-state index contributed by atoms with van der Waals surface area (Å²) in [4.78, 5) is 0. The van der Waals surface area contributed by atoms with Crippen molar-refractivity contribution in [3.05, 3.63) is 72.6 Å². The standard InChI is InChI=1S/C17H19N2/c1-2-15-6-8-16(9-7-15)10-11-17-14-19(17)18-12-4-3-5-13-18/h2-9,12-13,17H,1,10-11,14H2/q+1. The first-order chi connectivity index (χ1) is 9.36. The summed E-state index contributed by atoms with van der Waals surface area (Å²) in [5.41, 5.74) is 2.60. The summed E-state index contributed by atoms with van der Waals surface area (Å²) in [6.45, 7) is 4.94. The SMILES string of the molecule is C=Cc1ccc(CCC2CN2[n+]2ccccc2)cc1. The Bertz CT molecular complexity index is 545. The zero-order chi connectivity index (χ0) is 13.1. The zero-order valence-electron chi connectivity index (χ0n) is 11.1. The third-order valence-electron chi connectivity index (χ3n) is 3.66. The van der Waals surface area contributed by atoms with Crippen molar-refractivity contribution in [3.63, 3.8) is 0 Å². The van der Waals surface area contributed by atoms with E-state index in [1.165, 1.54) is 24.1 Å². The van der Waals surface area contributed by atoms with Crippen molar-refractivity contribution in [3.8, 4) is 0 Å². The van der Waals surface area contributed by atoms with E-state index in [0.717, 1.165) is 6.42 Å². The Labute approximate surface area is 114 Å². The molecule has 1 aliphatic heterocycles. The molecule has 0 N–H and O–H groups in total. The van der Waals surface area contributed by atoms with Gasteiger partial charge in [-0.3, -0.25) is 0 Å². The van der Waals surface area contributed by atoms with Crippen LogP contribution in [-0.2, 0) is 6.42 Å². The normalized spacial score (nSPS) is 17.3. The van der Waals surface area contributed by atoms with Crippen LogP contribution in [-0.4, -0.2) is 12.6 Å². The van der Waals surface area contributed by atoms with Crippen molar-refractivity contribution in [2.45, 2.75) is 18.9 Å². The average molecular weight is 251 g/mol. The molecule has 2 heterocycles. The zero-order valence-corrected chi connectivity index (χ0v) is 11.1. The molecule has 96 valence electrons. The van der Waals surface area contributed by atoms with Gasteiger partial charge < -0.3 is 0 Å². The lowest BCUT2D eigenvalue weighted by atomic mass is 10.1. The average Bonchev–Trinajstić information content (AvgIpc) is 3.26. The van der Waals surface area contributed by atoms with E-state index in [0.29, 0.717) is 6.04 Å². The summed E-state index contributed by atoms with van der Waals surface area (Å²) in [7, 11) is 0. The second-order valence-corrected chi connectivity index (χ2v) is 5.02. The molecule has 1 fully saturated rings. The maximum absolute atomic E-state index is 3.78. The van der Waals surface area contributed by atoms with E-state index in [9.17, 15) is 0 Å². The van der Waals surface area contributed by atoms with Crippen molar-refractivity contribution >= 4 is 6.08 Å². The maximum atomic E-state index is 3.78. The van der Waals surface area contributed by atoms with Crippen LogP contribution in [0, 0.1) is 0 Å². The fourth-order valence-electron chi connectivity index (χ4n) is 2.41. The Morgan fingerprint density at radius 1 is 1.16 bits per heavy atom. The Morgan fingerprint density at radius 2 is 1.89 bits per heavy atom. The molecule has 1 unspecified atom stereocenters. The van der Waals surface area contributed by atoms with E-state index in [4.69, 9.17) is 0 Å². The summed E-state index contributed by atoms with van der Waals surface area (Å²) < 4.78 is 2.19. The van der Waals surface area contributed by atoms with E-state index >= 15 is 0 Å². The van der Waals surface area contributed by atoms with Crippen LogP contribution in [0.3, 0.4) is 0 Å². The van der Waals surface area contributed by atoms with E-state index in [2.05, 4.69) is 71.1 Å². The van der Waals surface area contributed by atoms with Crippen molar-refractivity contribution < 1.29 is 4.68 Å². The van der Waals surface area contributed by atoms with E-state index in [1.807, 2.05) is 6.08 Å². The molecule has 1 aromatic carbocycles. The van der Waals surface area contributed by atoms with Gasteiger partial charge in [0.1, 0.15) is 6.04 Å². The van der Waals surface area contributed by atoms with Crippen LogP contribution >= 0.6 is 0 Å². The molecule has 3 rings (SSSR count). The molecule has 19 heavy (non-hydrogen) atoms. The Balaban J connectivity index is 1.52. The summed E-state index contributed by atoms with van der Waals surface area (Å²) in [6.07, 6.45) is 8.47. The molecule has 0 spiro atoms. The quantitative estimate of drug-likeness (QED) is 0.585. The molecule has 0 bridgehead atoms. The largest absolute Gasteiger partial charge is 0.199 e. The summed E-state index contributed by atoms with van der Waals surface area (Å²) >= 11 is 0. The van der Waals surface area contributed by atoms with Crippen LogP contribution in [0.1, 0.15) is 17.5 Å². The van der Waals surface area contributed by atoms with Crippen molar-refractivity contribution in [1.29, 1.82) is 0 Å². The number of benzene rings is 1. The molecule has 0 aliphatic carbocycles. The third kappa shape index (κ3) is 2.84. The van der Waals surface area contributed by atoms with Gasteiger partial charge >= 0.3 is 0 Å². The van der Waals surface area contributed by atoms with Crippen LogP contribution in [0.5, 0.6) is 0 Å². The Kier molecular flexibility index (Phi) is 3.32. The Hall–Kier alpha value is -2.09. The molecule has 0 saturated carbocycles. The highest BCUT2D eigenvalue weighted by atomic mass is 15.6. The molecule has 0 amide bonds. The minimum atomic E-state index is 0.687. The molecule has 2 aromatic rings. The van der Waals surface area contributed by atoms with E-state index in [-0.39, 0.29) is 0 Å². The van der Waals surface area contributed by atoms with Gasteiger partial charge in [0.15, 0.2) is 12.4 Å². The predicted octanol–water partition coefficient (Wildman–Crippen LogP) is 2.57. The number of aryl methyl sites for hydroxylation is 1. The van der Waals surface area contributed by atoms with Crippen molar-refractivity contribution in [2.75, 3.05) is 11.6 Å². The Morgan fingerprint density at radius 3 is 2.58 bits per heavy atom. The van der Waals surface area contributed by atoms with E-state index < -0.39 is 0 Å². The molecule has 2 nitrogen and oxygen atoms in total. The lowest BCUT2D eigenvalue weighted by Gasteiger charge is -2.01. The minimum Gasteiger partial charge on any atom is -0.173 e. The van der Waals surface area contributed by atoms with Gasteiger partial charge in [0.05, 0.1) is 6.54 Å². The summed E-state index contributed by atoms with van der Waals surface area (Å²) in [5, 5.41) is 2.39. The fraction of sp³-hybridized carbons (Fsp3) is 0.235. The van der Waals surface area contributed by atoms with Gasteiger partial charge in [-0.1, -0.05) is 47.7 Å². The number of rotatable bonds is 5. The molecule has 2 heteroatoms. The second kappa shape index (κ2) is 5.27. The summed E-state index contributed by atoms with van der Waals surface area (Å²) in [6, 6.07) is 15.6. The lowest BCUT2D eigenvalue weighted by molar-refractivity contribution is -0.677. The molecule has 1 aromatic heterocycles. The van der Waals surface area contributed by atoms with Gasteiger partial charge in [-0.15, -0.1) is 0 Å². The molecular weight excluding hydrogens is 232 g/mol. The van der Waals surface area contributed by atoms with Gasteiger partial charge in [-0.05, 0) is 24.0 Å². The lowest BCUT2D eigenvalue weighted by Crippen LogP contribution is -2.45. The van der Waals surface area contributed by atoms with Crippen LogP contribution < -0.4 is 9.69 Å². The van der Waals surface area contributed by atoms with Crippen molar-refractivity contribution in [2.24, 2.45) is 0 Å². The first-order valence-electron chi connectivity index (χ1n) is 6.81. The maximum Gasteiger partial charge on any atom is 0.199 e. The molecule has 1 aliphatic rings. The predicted molar refractivity (Wildman–Crippen MR) is 78.4 cm³/mol. The van der Waals surface area contributed by atoms with Crippen LogP contribution in [0.25, 0.3) is 6.08 Å². The third-order valence-corrected chi connectivity index (χ3v) is 3.66. The van der Waals surface area contributed by atoms with Gasteiger partial charge in [0.2, 0.25) is 0 Å². The van der Waals surface area contributed by atoms with Gasteiger partial charge in [0, 0.05) is 12.1 Å². The first-order valence-corrected chi connectivity index (χ1v) is 6.81.